The summed E-state index contributed by atoms with van der Waals surface area (Å²) in [5, 5.41) is 8.61. The van der Waals surface area contributed by atoms with Crippen molar-refractivity contribution < 1.29 is 9.53 Å². The van der Waals surface area contributed by atoms with Crippen molar-refractivity contribution in [2.45, 2.75) is 52.1 Å². The topological polar surface area (TPSA) is 60.2 Å². The van der Waals surface area contributed by atoms with Crippen LogP contribution in [0, 0.1) is 5.92 Å². The van der Waals surface area contributed by atoms with Gasteiger partial charge in [0.25, 0.3) is 0 Å². The Morgan fingerprint density at radius 3 is 2.67 bits per heavy atom. The molecule has 21 heavy (non-hydrogen) atoms. The van der Waals surface area contributed by atoms with E-state index in [9.17, 15) is 4.79 Å². The molecule has 0 aliphatic carbocycles. The standard InChI is InChI=1S/C15H24N4O2/c1-10(2)14-17-16-13-9-18(8-11(3)19(13)14)15(20)12-4-6-21-7-5-12/h10-12H,4-9H2,1-3H3/t11-/m0/s1. The summed E-state index contributed by atoms with van der Waals surface area (Å²) in [6.45, 7) is 9.14. The van der Waals surface area contributed by atoms with E-state index in [-0.39, 0.29) is 17.9 Å². The fourth-order valence-electron chi connectivity index (χ4n) is 3.33. The largest absolute Gasteiger partial charge is 0.381 e. The van der Waals surface area contributed by atoms with Gasteiger partial charge in [-0.1, -0.05) is 13.8 Å². The first kappa shape index (κ1) is 14.5. The quantitative estimate of drug-likeness (QED) is 0.833. The van der Waals surface area contributed by atoms with Crippen LogP contribution in [0.1, 0.15) is 57.2 Å². The number of fused-ring (bicyclic) bond motifs is 1. The maximum absolute atomic E-state index is 12.7. The molecule has 116 valence electrons. The minimum atomic E-state index is 0.116. The third-order valence-corrected chi connectivity index (χ3v) is 4.45. The van der Waals surface area contributed by atoms with E-state index in [0.717, 1.165) is 31.0 Å². The van der Waals surface area contributed by atoms with Gasteiger partial charge in [0.15, 0.2) is 5.82 Å². The zero-order valence-electron chi connectivity index (χ0n) is 13.1. The molecule has 1 aromatic rings. The van der Waals surface area contributed by atoms with Gasteiger partial charge >= 0.3 is 0 Å². The van der Waals surface area contributed by atoms with Gasteiger partial charge in [-0.2, -0.15) is 0 Å². The van der Waals surface area contributed by atoms with Crippen LogP contribution >= 0.6 is 0 Å². The number of nitrogens with zero attached hydrogens (tertiary/aromatic N) is 4. The number of aromatic nitrogens is 3. The minimum absolute atomic E-state index is 0.116. The Morgan fingerprint density at radius 1 is 1.29 bits per heavy atom. The molecule has 0 radical (unpaired) electrons. The van der Waals surface area contributed by atoms with E-state index < -0.39 is 0 Å². The molecule has 1 fully saturated rings. The molecule has 1 atom stereocenters. The average molecular weight is 292 g/mol. The molecule has 0 N–H and O–H groups in total. The van der Waals surface area contributed by atoms with E-state index in [1.165, 1.54) is 0 Å². The van der Waals surface area contributed by atoms with Crippen molar-refractivity contribution in [3.05, 3.63) is 11.6 Å². The molecule has 0 aromatic carbocycles. The molecule has 0 spiro atoms. The van der Waals surface area contributed by atoms with E-state index in [0.29, 0.717) is 25.7 Å². The number of carbonyl (C=O) groups is 1. The van der Waals surface area contributed by atoms with E-state index >= 15 is 0 Å². The van der Waals surface area contributed by atoms with Crippen molar-refractivity contribution in [3.8, 4) is 0 Å². The van der Waals surface area contributed by atoms with Crippen molar-refractivity contribution in [1.82, 2.24) is 19.7 Å². The van der Waals surface area contributed by atoms with E-state index in [2.05, 4.69) is 35.5 Å². The van der Waals surface area contributed by atoms with Gasteiger partial charge in [0.05, 0.1) is 12.6 Å². The molecule has 2 aliphatic heterocycles. The molecule has 0 saturated carbocycles. The maximum atomic E-state index is 12.7. The van der Waals surface area contributed by atoms with Crippen molar-refractivity contribution in [2.24, 2.45) is 5.92 Å². The van der Waals surface area contributed by atoms with Crippen LogP contribution < -0.4 is 0 Å². The number of ether oxygens (including phenoxy) is 1. The van der Waals surface area contributed by atoms with E-state index in [1.807, 2.05) is 4.90 Å². The molecule has 1 saturated heterocycles. The lowest BCUT2D eigenvalue weighted by Crippen LogP contribution is -2.44. The summed E-state index contributed by atoms with van der Waals surface area (Å²) >= 11 is 0. The highest BCUT2D eigenvalue weighted by atomic mass is 16.5. The van der Waals surface area contributed by atoms with Crippen LogP contribution in [-0.4, -0.2) is 45.3 Å². The van der Waals surface area contributed by atoms with Gasteiger partial charge in [-0.25, -0.2) is 0 Å². The van der Waals surface area contributed by atoms with Crippen LogP contribution in [0.25, 0.3) is 0 Å². The van der Waals surface area contributed by atoms with Gasteiger partial charge in [-0.05, 0) is 19.8 Å². The lowest BCUT2D eigenvalue weighted by molar-refractivity contribution is -0.140. The Labute approximate surface area is 125 Å². The van der Waals surface area contributed by atoms with Crippen LogP contribution in [0.5, 0.6) is 0 Å². The summed E-state index contributed by atoms with van der Waals surface area (Å²) in [5.41, 5.74) is 0. The Balaban J connectivity index is 1.77. The first-order chi connectivity index (χ1) is 10.1. The lowest BCUT2D eigenvalue weighted by atomic mass is 9.98. The highest BCUT2D eigenvalue weighted by molar-refractivity contribution is 5.79. The smallest absolute Gasteiger partial charge is 0.226 e. The number of hydrogen-bond donors (Lipinski definition) is 0. The SMILES string of the molecule is CC(C)c1nnc2n1[C@@H](C)CN(C(=O)C1CCOCC1)C2. The first-order valence-corrected chi connectivity index (χ1v) is 7.88. The summed E-state index contributed by atoms with van der Waals surface area (Å²) in [6.07, 6.45) is 1.68. The fraction of sp³-hybridized carbons (Fsp3) is 0.800. The summed E-state index contributed by atoms with van der Waals surface area (Å²) in [7, 11) is 0. The van der Waals surface area contributed by atoms with Crippen molar-refractivity contribution >= 4 is 5.91 Å². The molecule has 3 rings (SSSR count). The lowest BCUT2D eigenvalue weighted by Gasteiger charge is -2.35. The van der Waals surface area contributed by atoms with Crippen LogP contribution in [0.2, 0.25) is 0 Å². The Kier molecular flexibility index (Phi) is 3.97. The molecule has 0 unspecified atom stereocenters. The number of amides is 1. The molecule has 3 heterocycles. The Hall–Kier alpha value is -1.43. The summed E-state index contributed by atoms with van der Waals surface area (Å²) in [5.74, 6) is 2.66. The second-order valence-electron chi connectivity index (χ2n) is 6.45. The number of rotatable bonds is 2. The average Bonchev–Trinajstić information content (AvgIpc) is 2.92. The second-order valence-corrected chi connectivity index (χ2v) is 6.45. The fourth-order valence-corrected chi connectivity index (χ4v) is 3.33. The van der Waals surface area contributed by atoms with Gasteiger partial charge < -0.3 is 14.2 Å². The third kappa shape index (κ3) is 2.69. The van der Waals surface area contributed by atoms with Gasteiger partial charge in [0.2, 0.25) is 5.91 Å². The molecule has 2 aliphatic rings. The minimum Gasteiger partial charge on any atom is -0.381 e. The molecule has 6 nitrogen and oxygen atoms in total. The van der Waals surface area contributed by atoms with Gasteiger partial charge in [0.1, 0.15) is 5.82 Å². The zero-order chi connectivity index (χ0) is 15.0. The van der Waals surface area contributed by atoms with Gasteiger partial charge in [0, 0.05) is 31.6 Å². The summed E-state index contributed by atoms with van der Waals surface area (Å²) in [4.78, 5) is 14.6. The maximum Gasteiger partial charge on any atom is 0.226 e. The van der Waals surface area contributed by atoms with E-state index in [1.54, 1.807) is 0 Å². The predicted molar refractivity (Wildman–Crippen MR) is 77.8 cm³/mol. The molecular formula is C15H24N4O2. The highest BCUT2D eigenvalue weighted by Gasteiger charge is 2.33. The molecule has 1 amide bonds. The zero-order valence-corrected chi connectivity index (χ0v) is 13.1. The van der Waals surface area contributed by atoms with Crippen LogP contribution in [-0.2, 0) is 16.1 Å². The summed E-state index contributed by atoms with van der Waals surface area (Å²) in [6, 6.07) is 0.241. The normalized spacial score (nSPS) is 23.4. The van der Waals surface area contributed by atoms with Crippen molar-refractivity contribution in [2.75, 3.05) is 19.8 Å². The monoisotopic (exact) mass is 292 g/mol. The van der Waals surface area contributed by atoms with Crippen molar-refractivity contribution in [3.63, 3.8) is 0 Å². The van der Waals surface area contributed by atoms with Gasteiger partial charge in [-0.15, -0.1) is 10.2 Å². The molecule has 6 heteroatoms. The molecular weight excluding hydrogens is 268 g/mol. The molecule has 0 bridgehead atoms. The van der Waals surface area contributed by atoms with Crippen molar-refractivity contribution in [1.29, 1.82) is 0 Å². The number of carbonyl (C=O) groups excluding carboxylic acids is 1. The Bertz CT molecular complexity index is 520. The first-order valence-electron chi connectivity index (χ1n) is 7.88. The van der Waals surface area contributed by atoms with Crippen LogP contribution in [0.4, 0.5) is 0 Å². The van der Waals surface area contributed by atoms with Crippen LogP contribution in [0.3, 0.4) is 0 Å². The predicted octanol–water partition coefficient (Wildman–Crippen LogP) is 1.73. The van der Waals surface area contributed by atoms with Crippen LogP contribution in [0.15, 0.2) is 0 Å². The molecule has 1 aromatic heterocycles. The third-order valence-electron chi connectivity index (χ3n) is 4.45. The second kappa shape index (κ2) is 5.75. The van der Waals surface area contributed by atoms with E-state index in [4.69, 9.17) is 4.74 Å². The highest BCUT2D eigenvalue weighted by Crippen LogP contribution is 2.27. The Morgan fingerprint density at radius 2 is 2.00 bits per heavy atom. The number of hydrogen-bond acceptors (Lipinski definition) is 4. The van der Waals surface area contributed by atoms with Gasteiger partial charge in [-0.3, -0.25) is 4.79 Å². The summed E-state index contributed by atoms with van der Waals surface area (Å²) < 4.78 is 7.55.